The lowest BCUT2D eigenvalue weighted by atomic mass is 9.95. The third-order valence-corrected chi connectivity index (χ3v) is 11.7. The molecule has 0 amide bonds. The molecular formula is C46H36N2O2S2. The van der Waals surface area contributed by atoms with Crippen molar-refractivity contribution in [2.45, 2.75) is 27.7 Å². The van der Waals surface area contributed by atoms with Gasteiger partial charge in [0.15, 0.2) is 0 Å². The van der Waals surface area contributed by atoms with E-state index < -0.39 is 5.97 Å². The van der Waals surface area contributed by atoms with Crippen molar-refractivity contribution >= 4 is 51.8 Å². The van der Waals surface area contributed by atoms with Crippen LogP contribution in [0.5, 0.6) is 0 Å². The highest BCUT2D eigenvalue weighted by Gasteiger charge is 2.17. The zero-order valence-corrected chi connectivity index (χ0v) is 31.0. The van der Waals surface area contributed by atoms with Gasteiger partial charge >= 0.3 is 5.97 Å². The normalized spacial score (nSPS) is 11.3. The summed E-state index contributed by atoms with van der Waals surface area (Å²) >= 11 is 3.16. The second kappa shape index (κ2) is 14.7. The quantitative estimate of drug-likeness (QED) is 0.120. The number of carboxylic acid groups (broad SMARTS) is 1. The first-order valence-corrected chi connectivity index (χ1v) is 18.6. The molecule has 6 heteroatoms. The summed E-state index contributed by atoms with van der Waals surface area (Å²) in [5.74, 6) is -1.22. The second-order valence-electron chi connectivity index (χ2n) is 12.9. The van der Waals surface area contributed by atoms with E-state index in [1.165, 1.54) is 61.9 Å². The molecular weight excluding hydrogens is 677 g/mol. The van der Waals surface area contributed by atoms with Gasteiger partial charge in [0, 0.05) is 36.6 Å². The molecule has 52 heavy (non-hydrogen) atoms. The highest BCUT2D eigenvalue weighted by molar-refractivity contribution is 7.24. The van der Waals surface area contributed by atoms with Crippen LogP contribution in [-0.2, 0) is 4.79 Å². The molecule has 0 bridgehead atoms. The molecule has 7 aromatic rings. The molecule has 7 rings (SSSR count). The van der Waals surface area contributed by atoms with Gasteiger partial charge in [-0.05, 0) is 145 Å². The summed E-state index contributed by atoms with van der Waals surface area (Å²) in [6, 6.07) is 49.1. The summed E-state index contributed by atoms with van der Waals surface area (Å²) in [6.45, 7) is 8.70. The minimum Gasteiger partial charge on any atom is -0.477 e. The van der Waals surface area contributed by atoms with Crippen molar-refractivity contribution in [3.05, 3.63) is 166 Å². The summed E-state index contributed by atoms with van der Waals surface area (Å²) < 4.78 is 0. The number of rotatable bonds is 9. The SMILES string of the molecule is Cc1ccccc1-c1ccc(N(c2ccc(-c3ccc(-c4ccc(/C=C(/C#N)C(=O)O)s4)s3)cc2)c2ccc(-c3ccccc3C)c(C)c2)cc1C. The zero-order valence-electron chi connectivity index (χ0n) is 29.3. The number of nitriles is 1. The Morgan fingerprint density at radius 2 is 1.06 bits per heavy atom. The molecule has 0 atom stereocenters. The Labute approximate surface area is 312 Å². The van der Waals surface area contributed by atoms with Crippen LogP contribution in [0, 0.1) is 39.0 Å². The Morgan fingerprint density at radius 1 is 0.577 bits per heavy atom. The first-order chi connectivity index (χ1) is 25.2. The number of carboxylic acids is 1. The molecule has 0 aliphatic heterocycles. The molecule has 0 aliphatic carbocycles. The van der Waals surface area contributed by atoms with Crippen molar-refractivity contribution in [2.75, 3.05) is 4.90 Å². The summed E-state index contributed by atoms with van der Waals surface area (Å²) in [7, 11) is 0. The first kappa shape index (κ1) is 34.4. The number of hydrogen-bond donors (Lipinski definition) is 1. The second-order valence-corrected chi connectivity index (χ2v) is 15.1. The number of benzene rings is 5. The van der Waals surface area contributed by atoms with Crippen LogP contribution >= 0.6 is 22.7 Å². The molecule has 0 saturated heterocycles. The fraction of sp³-hybridized carbons (Fsp3) is 0.0870. The minimum absolute atomic E-state index is 0.274. The topological polar surface area (TPSA) is 64.3 Å². The molecule has 0 saturated carbocycles. The summed E-state index contributed by atoms with van der Waals surface area (Å²) in [6.07, 6.45) is 1.42. The molecule has 5 aromatic carbocycles. The van der Waals surface area contributed by atoms with Crippen LogP contribution in [0.3, 0.4) is 0 Å². The zero-order chi connectivity index (χ0) is 36.4. The predicted octanol–water partition coefficient (Wildman–Crippen LogP) is 13.2. The highest BCUT2D eigenvalue weighted by atomic mass is 32.1. The van der Waals surface area contributed by atoms with Gasteiger partial charge in [-0.15, -0.1) is 22.7 Å². The van der Waals surface area contributed by atoms with E-state index in [0.717, 1.165) is 42.1 Å². The molecule has 0 fully saturated rings. The van der Waals surface area contributed by atoms with Crippen LogP contribution in [0.4, 0.5) is 17.1 Å². The number of thiophene rings is 2. The molecule has 0 spiro atoms. The van der Waals surface area contributed by atoms with E-state index in [9.17, 15) is 9.90 Å². The largest absolute Gasteiger partial charge is 0.477 e. The Balaban J connectivity index is 1.24. The number of anilines is 3. The van der Waals surface area contributed by atoms with Crippen molar-refractivity contribution in [1.82, 2.24) is 0 Å². The van der Waals surface area contributed by atoms with Gasteiger partial charge in [0.25, 0.3) is 0 Å². The van der Waals surface area contributed by atoms with Crippen molar-refractivity contribution in [3.63, 3.8) is 0 Å². The lowest BCUT2D eigenvalue weighted by Gasteiger charge is -2.27. The van der Waals surface area contributed by atoms with E-state index in [1.54, 1.807) is 17.4 Å². The van der Waals surface area contributed by atoms with E-state index in [0.29, 0.717) is 0 Å². The predicted molar refractivity (Wildman–Crippen MR) is 219 cm³/mol. The third-order valence-electron chi connectivity index (χ3n) is 9.33. The number of aryl methyl sites for hydroxylation is 4. The van der Waals surface area contributed by atoms with Crippen molar-refractivity contribution in [2.24, 2.45) is 0 Å². The van der Waals surface area contributed by atoms with Crippen LogP contribution in [0.15, 0.2) is 139 Å². The summed E-state index contributed by atoms with van der Waals surface area (Å²) in [5, 5.41) is 18.4. The number of hydrogen-bond acceptors (Lipinski definition) is 5. The summed E-state index contributed by atoms with van der Waals surface area (Å²) in [5.41, 5.74) is 14.0. The lowest BCUT2D eigenvalue weighted by molar-refractivity contribution is -0.132. The monoisotopic (exact) mass is 712 g/mol. The Bertz CT molecular complexity index is 2420. The minimum atomic E-state index is -1.22. The molecule has 1 N–H and O–H groups in total. The van der Waals surface area contributed by atoms with E-state index in [-0.39, 0.29) is 5.57 Å². The van der Waals surface area contributed by atoms with Gasteiger partial charge in [0.1, 0.15) is 11.6 Å². The van der Waals surface area contributed by atoms with E-state index in [4.69, 9.17) is 5.26 Å². The van der Waals surface area contributed by atoms with Crippen LogP contribution in [0.2, 0.25) is 0 Å². The van der Waals surface area contributed by atoms with Crippen LogP contribution < -0.4 is 4.90 Å². The molecule has 0 unspecified atom stereocenters. The van der Waals surface area contributed by atoms with E-state index in [1.807, 2.05) is 12.1 Å². The van der Waals surface area contributed by atoms with Gasteiger partial charge in [-0.1, -0.05) is 72.8 Å². The Kier molecular flexibility index (Phi) is 9.73. The smallest absolute Gasteiger partial charge is 0.346 e. The van der Waals surface area contributed by atoms with Crippen molar-refractivity contribution in [1.29, 1.82) is 5.26 Å². The van der Waals surface area contributed by atoms with E-state index >= 15 is 0 Å². The van der Waals surface area contributed by atoms with Gasteiger partial charge in [-0.3, -0.25) is 0 Å². The van der Waals surface area contributed by atoms with Gasteiger partial charge in [0.05, 0.1) is 0 Å². The fourth-order valence-corrected chi connectivity index (χ4v) is 8.68. The van der Waals surface area contributed by atoms with Crippen LogP contribution in [0.1, 0.15) is 27.1 Å². The number of aliphatic carboxylic acids is 1. The molecule has 2 heterocycles. The maximum atomic E-state index is 11.3. The molecule has 0 radical (unpaired) electrons. The molecule has 0 aliphatic rings. The number of nitrogens with zero attached hydrogens (tertiary/aromatic N) is 2. The van der Waals surface area contributed by atoms with Gasteiger partial charge in [-0.25, -0.2) is 4.79 Å². The molecule has 254 valence electrons. The van der Waals surface area contributed by atoms with Gasteiger partial charge < -0.3 is 10.0 Å². The average molecular weight is 713 g/mol. The Morgan fingerprint density at radius 3 is 1.58 bits per heavy atom. The Hall–Kier alpha value is -6.00. The maximum Gasteiger partial charge on any atom is 0.346 e. The van der Waals surface area contributed by atoms with E-state index in [2.05, 4.69) is 154 Å². The van der Waals surface area contributed by atoms with Gasteiger partial charge in [-0.2, -0.15) is 5.26 Å². The first-order valence-electron chi connectivity index (χ1n) is 17.0. The van der Waals surface area contributed by atoms with Crippen molar-refractivity contribution in [3.8, 4) is 48.5 Å². The fourth-order valence-electron chi connectivity index (χ4n) is 6.62. The molecule has 4 nitrogen and oxygen atoms in total. The molecule has 2 aromatic heterocycles. The lowest BCUT2D eigenvalue weighted by Crippen LogP contribution is -2.10. The maximum absolute atomic E-state index is 11.3. The highest BCUT2D eigenvalue weighted by Crippen LogP contribution is 2.42. The van der Waals surface area contributed by atoms with Crippen molar-refractivity contribution < 1.29 is 9.90 Å². The average Bonchev–Trinajstić information content (AvgIpc) is 3.83. The van der Waals surface area contributed by atoms with Crippen LogP contribution in [0.25, 0.3) is 48.5 Å². The van der Waals surface area contributed by atoms with Crippen LogP contribution in [-0.4, -0.2) is 11.1 Å². The summed E-state index contributed by atoms with van der Waals surface area (Å²) in [4.78, 5) is 17.6. The standard InChI is InChI=1S/C46H36N2O2S2/c1-29-9-5-7-11-39(29)41-20-17-36(25-31(41)3)48(37-18-21-42(32(4)26-37)40-12-8-6-10-30(40)2)35-15-13-33(14-16-35)43-23-24-45(52-43)44-22-19-38(51-44)27-34(28-47)46(49)50/h5-27H,1-4H3,(H,49,50)/b34-27-. The number of carbonyl (C=O) groups is 1. The third kappa shape index (κ3) is 6.97. The van der Waals surface area contributed by atoms with Gasteiger partial charge in [0.2, 0.25) is 0 Å².